The van der Waals surface area contributed by atoms with Crippen LogP contribution in [0.15, 0.2) is 29.6 Å². The number of aromatic nitrogens is 1. The average molecular weight is 459 g/mol. The smallest absolute Gasteiger partial charge is 0.411 e. The predicted octanol–water partition coefficient (Wildman–Crippen LogP) is 5.54. The highest BCUT2D eigenvalue weighted by Crippen LogP contribution is 2.30. The summed E-state index contributed by atoms with van der Waals surface area (Å²) in [7, 11) is 0. The normalized spacial score (nSPS) is 15.8. The van der Waals surface area contributed by atoms with Gasteiger partial charge >= 0.3 is 6.09 Å². The molecule has 0 bridgehead atoms. The molecule has 1 fully saturated rings. The van der Waals surface area contributed by atoms with Crippen LogP contribution in [0.1, 0.15) is 59.8 Å². The van der Waals surface area contributed by atoms with E-state index in [1.165, 1.54) is 30.6 Å². The van der Waals surface area contributed by atoms with E-state index < -0.39 is 11.7 Å². The number of nitrogens with two attached hydrogens (primary N) is 1. The highest BCUT2D eigenvalue weighted by atomic mass is 32.1. The molecule has 7 nitrogen and oxygen atoms in total. The van der Waals surface area contributed by atoms with E-state index in [0.29, 0.717) is 16.7 Å². The molecule has 1 aromatic heterocycles. The summed E-state index contributed by atoms with van der Waals surface area (Å²) in [5.74, 6) is 0.137. The van der Waals surface area contributed by atoms with Gasteiger partial charge in [-0.25, -0.2) is 9.78 Å². The van der Waals surface area contributed by atoms with Crippen molar-refractivity contribution >= 4 is 34.2 Å². The molecular weight excluding hydrogens is 424 g/mol. The number of nitrogen functional groups attached to an aromatic ring is 1. The molecule has 1 atom stereocenters. The fourth-order valence-corrected chi connectivity index (χ4v) is 4.64. The summed E-state index contributed by atoms with van der Waals surface area (Å²) in [4.78, 5) is 31.7. The molecule has 1 aliphatic rings. The van der Waals surface area contributed by atoms with Crippen molar-refractivity contribution in [3.8, 4) is 11.3 Å². The standard InChI is InChI=1S/C24H34N4O3S/c1-16(17-8-6-5-7-9-17)28(23(30)31-24(2,3)4)14-21(29)26-19-12-10-18(11-13-19)20-15-32-22(25)27-20/h10-13,15-17H,5-9,14H2,1-4H3,(H2,25,27)(H,26,29)/t16-/m0/s1. The van der Waals surface area contributed by atoms with Gasteiger partial charge in [0.15, 0.2) is 5.13 Å². The van der Waals surface area contributed by atoms with E-state index in [9.17, 15) is 9.59 Å². The van der Waals surface area contributed by atoms with E-state index in [1.807, 2.05) is 57.3 Å². The van der Waals surface area contributed by atoms with Gasteiger partial charge in [-0.15, -0.1) is 11.3 Å². The Kier molecular flexibility index (Phi) is 7.77. The summed E-state index contributed by atoms with van der Waals surface area (Å²) >= 11 is 1.39. The Morgan fingerprint density at radius 3 is 2.44 bits per heavy atom. The Hall–Kier alpha value is -2.61. The molecule has 2 amide bonds. The number of carbonyl (C=O) groups excluding carboxylic acids is 2. The Morgan fingerprint density at radius 1 is 1.22 bits per heavy atom. The Morgan fingerprint density at radius 2 is 1.88 bits per heavy atom. The zero-order valence-corrected chi connectivity index (χ0v) is 20.2. The number of benzene rings is 1. The third kappa shape index (κ3) is 6.69. The van der Waals surface area contributed by atoms with Gasteiger partial charge in [-0.1, -0.05) is 31.4 Å². The van der Waals surface area contributed by atoms with Gasteiger partial charge in [0.2, 0.25) is 5.91 Å². The van der Waals surface area contributed by atoms with Crippen LogP contribution in [0.3, 0.4) is 0 Å². The molecule has 0 unspecified atom stereocenters. The number of anilines is 2. The zero-order valence-electron chi connectivity index (χ0n) is 19.4. The minimum Gasteiger partial charge on any atom is -0.444 e. The van der Waals surface area contributed by atoms with Crippen LogP contribution in [0.2, 0.25) is 0 Å². The molecule has 32 heavy (non-hydrogen) atoms. The quantitative estimate of drug-likeness (QED) is 0.592. The van der Waals surface area contributed by atoms with Gasteiger partial charge in [-0.05, 0) is 58.6 Å². The van der Waals surface area contributed by atoms with Crippen LogP contribution in [0.5, 0.6) is 0 Å². The third-order valence-electron chi connectivity index (χ3n) is 5.75. The topological polar surface area (TPSA) is 97.5 Å². The van der Waals surface area contributed by atoms with Crippen LogP contribution in [0.4, 0.5) is 15.6 Å². The first-order chi connectivity index (χ1) is 15.1. The summed E-state index contributed by atoms with van der Waals surface area (Å²) in [6.07, 6.45) is 5.28. The molecule has 1 aliphatic carbocycles. The maximum atomic E-state index is 12.9. The number of thiazole rings is 1. The molecule has 3 N–H and O–H groups in total. The lowest BCUT2D eigenvalue weighted by atomic mass is 9.84. The third-order valence-corrected chi connectivity index (χ3v) is 6.43. The average Bonchev–Trinajstić information content (AvgIpc) is 3.17. The summed E-state index contributed by atoms with van der Waals surface area (Å²) in [6.45, 7) is 7.50. The number of carbonyl (C=O) groups is 2. The first kappa shape index (κ1) is 24.0. The molecule has 8 heteroatoms. The summed E-state index contributed by atoms with van der Waals surface area (Å²) < 4.78 is 5.62. The maximum absolute atomic E-state index is 12.9. The number of hydrogen-bond acceptors (Lipinski definition) is 6. The van der Waals surface area contributed by atoms with Crippen molar-refractivity contribution in [2.45, 2.75) is 71.4 Å². The van der Waals surface area contributed by atoms with E-state index >= 15 is 0 Å². The van der Waals surface area contributed by atoms with E-state index in [4.69, 9.17) is 10.5 Å². The van der Waals surface area contributed by atoms with E-state index in [-0.39, 0.29) is 18.5 Å². The predicted molar refractivity (Wildman–Crippen MR) is 130 cm³/mol. The first-order valence-electron chi connectivity index (χ1n) is 11.2. The van der Waals surface area contributed by atoms with Crippen molar-refractivity contribution in [2.24, 2.45) is 5.92 Å². The second-order valence-corrected chi connectivity index (χ2v) is 10.3. The summed E-state index contributed by atoms with van der Waals surface area (Å²) in [5.41, 5.74) is 7.49. The Balaban J connectivity index is 1.67. The molecule has 0 spiro atoms. The second-order valence-electron chi connectivity index (χ2n) is 9.44. The lowest BCUT2D eigenvalue weighted by Gasteiger charge is -2.37. The van der Waals surface area contributed by atoms with Gasteiger partial charge in [0.05, 0.1) is 5.69 Å². The number of nitrogens with zero attached hydrogens (tertiary/aromatic N) is 2. The number of rotatable bonds is 6. The van der Waals surface area contributed by atoms with Gasteiger partial charge in [-0.3, -0.25) is 9.69 Å². The number of ether oxygens (including phenoxy) is 1. The van der Waals surface area contributed by atoms with Crippen LogP contribution in [-0.4, -0.2) is 40.1 Å². The molecule has 0 radical (unpaired) electrons. The molecule has 174 valence electrons. The Bertz CT molecular complexity index is 914. The monoisotopic (exact) mass is 458 g/mol. The molecule has 1 heterocycles. The zero-order chi connectivity index (χ0) is 23.3. The molecule has 3 rings (SSSR count). The lowest BCUT2D eigenvalue weighted by molar-refractivity contribution is -0.118. The molecule has 1 saturated carbocycles. The van der Waals surface area contributed by atoms with E-state index in [0.717, 1.165) is 24.1 Å². The minimum atomic E-state index is -0.618. The van der Waals surface area contributed by atoms with Gasteiger partial charge in [-0.2, -0.15) is 0 Å². The van der Waals surface area contributed by atoms with E-state index in [2.05, 4.69) is 10.3 Å². The van der Waals surface area contributed by atoms with Crippen molar-refractivity contribution in [3.63, 3.8) is 0 Å². The van der Waals surface area contributed by atoms with Gasteiger partial charge < -0.3 is 15.8 Å². The largest absolute Gasteiger partial charge is 0.444 e. The van der Waals surface area contributed by atoms with Gasteiger partial charge in [0.1, 0.15) is 12.1 Å². The van der Waals surface area contributed by atoms with Crippen molar-refractivity contribution in [3.05, 3.63) is 29.6 Å². The van der Waals surface area contributed by atoms with E-state index in [1.54, 1.807) is 4.90 Å². The molecule has 2 aromatic rings. The molecule has 0 aliphatic heterocycles. The highest BCUT2D eigenvalue weighted by molar-refractivity contribution is 7.13. The molecule has 1 aromatic carbocycles. The lowest BCUT2D eigenvalue weighted by Crippen LogP contribution is -2.49. The van der Waals surface area contributed by atoms with Crippen molar-refractivity contribution < 1.29 is 14.3 Å². The van der Waals surface area contributed by atoms with Crippen molar-refractivity contribution in [1.82, 2.24) is 9.88 Å². The maximum Gasteiger partial charge on any atom is 0.411 e. The van der Waals surface area contributed by atoms with Crippen LogP contribution >= 0.6 is 11.3 Å². The van der Waals surface area contributed by atoms with Crippen molar-refractivity contribution in [1.29, 1.82) is 0 Å². The van der Waals surface area contributed by atoms with Crippen LogP contribution in [0, 0.1) is 5.92 Å². The first-order valence-corrected chi connectivity index (χ1v) is 12.1. The molecule has 0 saturated heterocycles. The van der Waals surface area contributed by atoms with Crippen LogP contribution < -0.4 is 11.1 Å². The van der Waals surface area contributed by atoms with Crippen LogP contribution in [-0.2, 0) is 9.53 Å². The minimum absolute atomic E-state index is 0.0447. The number of amides is 2. The molecular formula is C24H34N4O3S. The highest BCUT2D eigenvalue weighted by Gasteiger charge is 2.32. The Labute approximate surface area is 194 Å². The summed E-state index contributed by atoms with van der Waals surface area (Å²) in [5, 5.41) is 5.32. The number of nitrogens with one attached hydrogen (secondary N) is 1. The van der Waals surface area contributed by atoms with Gasteiger partial charge in [0.25, 0.3) is 0 Å². The SMILES string of the molecule is C[C@@H](C1CCCCC1)N(CC(=O)Nc1ccc(-c2csc(N)n2)cc1)C(=O)OC(C)(C)C. The van der Waals surface area contributed by atoms with Crippen molar-refractivity contribution in [2.75, 3.05) is 17.6 Å². The second kappa shape index (κ2) is 10.3. The summed E-state index contributed by atoms with van der Waals surface area (Å²) in [6, 6.07) is 7.37. The van der Waals surface area contributed by atoms with Crippen LogP contribution in [0.25, 0.3) is 11.3 Å². The van der Waals surface area contributed by atoms with Gasteiger partial charge in [0, 0.05) is 22.7 Å². The number of hydrogen-bond donors (Lipinski definition) is 2. The fourth-order valence-electron chi connectivity index (χ4n) is 4.07. The fraction of sp³-hybridized carbons (Fsp3) is 0.542.